The normalized spacial score (nSPS) is 11.0. The fourth-order valence-corrected chi connectivity index (χ4v) is 4.24. The second-order valence-electron chi connectivity index (χ2n) is 5.52. The van der Waals surface area contributed by atoms with Gasteiger partial charge in [-0.25, -0.2) is 4.98 Å². The summed E-state index contributed by atoms with van der Waals surface area (Å²) < 4.78 is 1.99. The maximum absolute atomic E-state index is 5.95. The molecule has 0 amide bonds. The SMILES string of the molecule is Cn1c(SCc2csc(-c3ccccn3)n2)nnc1-c1ccc(Cl)cc1. The summed E-state index contributed by atoms with van der Waals surface area (Å²) in [6.07, 6.45) is 1.78. The van der Waals surface area contributed by atoms with Gasteiger partial charge in [-0.1, -0.05) is 29.4 Å². The average Bonchev–Trinajstić information content (AvgIpc) is 3.29. The Kier molecular flexibility index (Phi) is 5.01. The van der Waals surface area contributed by atoms with Gasteiger partial charge in [-0.3, -0.25) is 4.98 Å². The number of rotatable bonds is 5. The summed E-state index contributed by atoms with van der Waals surface area (Å²) in [4.78, 5) is 9.01. The third-order valence-corrected chi connectivity index (χ3v) is 5.94. The molecule has 0 aliphatic rings. The van der Waals surface area contributed by atoms with E-state index in [2.05, 4.69) is 25.5 Å². The number of hydrogen-bond acceptors (Lipinski definition) is 6. The first-order valence-electron chi connectivity index (χ1n) is 7.84. The van der Waals surface area contributed by atoms with Gasteiger partial charge in [-0.15, -0.1) is 21.5 Å². The zero-order chi connectivity index (χ0) is 17.9. The molecule has 0 fully saturated rings. The molecule has 0 aliphatic carbocycles. The zero-order valence-electron chi connectivity index (χ0n) is 13.8. The van der Waals surface area contributed by atoms with Gasteiger partial charge >= 0.3 is 0 Å². The molecule has 26 heavy (non-hydrogen) atoms. The molecule has 0 unspecified atom stereocenters. The van der Waals surface area contributed by atoms with Crippen molar-refractivity contribution in [3.8, 4) is 22.1 Å². The van der Waals surface area contributed by atoms with Crippen molar-refractivity contribution < 1.29 is 0 Å². The van der Waals surface area contributed by atoms with Crippen LogP contribution in [0.3, 0.4) is 0 Å². The van der Waals surface area contributed by atoms with Crippen molar-refractivity contribution >= 4 is 34.7 Å². The maximum atomic E-state index is 5.95. The molecule has 0 N–H and O–H groups in total. The van der Waals surface area contributed by atoms with Crippen LogP contribution in [-0.2, 0) is 12.8 Å². The van der Waals surface area contributed by atoms with Gasteiger partial charge in [0.25, 0.3) is 0 Å². The molecule has 0 saturated carbocycles. The van der Waals surface area contributed by atoms with Crippen molar-refractivity contribution in [2.75, 3.05) is 0 Å². The number of halogens is 1. The maximum Gasteiger partial charge on any atom is 0.191 e. The standard InChI is InChI=1S/C18H14ClN5S2/c1-24-16(12-5-7-13(19)8-6-12)22-23-18(24)26-11-14-10-25-17(21-14)15-4-2-3-9-20-15/h2-10H,11H2,1H3. The highest BCUT2D eigenvalue weighted by molar-refractivity contribution is 7.98. The van der Waals surface area contributed by atoms with Crippen LogP contribution >= 0.6 is 34.7 Å². The smallest absolute Gasteiger partial charge is 0.191 e. The highest BCUT2D eigenvalue weighted by Crippen LogP contribution is 2.28. The first-order chi connectivity index (χ1) is 12.7. The highest BCUT2D eigenvalue weighted by Gasteiger charge is 2.12. The number of aromatic nitrogens is 5. The Bertz CT molecular complexity index is 1010. The molecule has 4 rings (SSSR count). The minimum atomic E-state index is 0.706. The minimum absolute atomic E-state index is 0.706. The fourth-order valence-electron chi connectivity index (χ4n) is 2.41. The quantitative estimate of drug-likeness (QED) is 0.444. The van der Waals surface area contributed by atoms with Gasteiger partial charge < -0.3 is 4.57 Å². The van der Waals surface area contributed by atoms with Crippen molar-refractivity contribution in [3.05, 3.63) is 64.8 Å². The second kappa shape index (κ2) is 7.57. The number of nitrogens with zero attached hydrogens (tertiary/aromatic N) is 5. The van der Waals surface area contributed by atoms with Crippen molar-refractivity contribution in [2.24, 2.45) is 7.05 Å². The summed E-state index contributed by atoms with van der Waals surface area (Å²) in [5.41, 5.74) is 2.90. The zero-order valence-corrected chi connectivity index (χ0v) is 16.2. The van der Waals surface area contributed by atoms with E-state index in [9.17, 15) is 0 Å². The lowest BCUT2D eigenvalue weighted by atomic mass is 10.2. The number of thiazole rings is 1. The molecular formula is C18H14ClN5S2. The highest BCUT2D eigenvalue weighted by atomic mass is 35.5. The number of thioether (sulfide) groups is 1. The van der Waals surface area contributed by atoms with E-state index in [4.69, 9.17) is 11.6 Å². The average molecular weight is 400 g/mol. The lowest BCUT2D eigenvalue weighted by Gasteiger charge is -2.03. The van der Waals surface area contributed by atoms with Crippen LogP contribution in [0.2, 0.25) is 5.02 Å². The van der Waals surface area contributed by atoms with E-state index in [1.807, 2.05) is 54.1 Å². The van der Waals surface area contributed by atoms with E-state index in [0.717, 1.165) is 38.7 Å². The molecule has 3 heterocycles. The van der Waals surface area contributed by atoms with Gasteiger partial charge in [0.05, 0.1) is 11.4 Å². The van der Waals surface area contributed by atoms with Gasteiger partial charge in [0.2, 0.25) is 0 Å². The van der Waals surface area contributed by atoms with Gasteiger partial charge in [0.15, 0.2) is 11.0 Å². The summed E-state index contributed by atoms with van der Waals surface area (Å²) in [6, 6.07) is 13.4. The van der Waals surface area contributed by atoms with Gasteiger partial charge in [-0.2, -0.15) is 0 Å². The molecule has 0 spiro atoms. The van der Waals surface area contributed by atoms with Crippen molar-refractivity contribution in [1.82, 2.24) is 24.7 Å². The van der Waals surface area contributed by atoms with E-state index in [1.165, 1.54) is 0 Å². The fraction of sp³-hybridized carbons (Fsp3) is 0.111. The van der Waals surface area contributed by atoms with Crippen LogP contribution in [-0.4, -0.2) is 24.7 Å². The van der Waals surface area contributed by atoms with Crippen LogP contribution in [0.5, 0.6) is 0 Å². The van der Waals surface area contributed by atoms with E-state index in [-0.39, 0.29) is 0 Å². The molecule has 4 aromatic rings. The molecule has 0 saturated heterocycles. The Hall–Kier alpha value is -2.22. The van der Waals surface area contributed by atoms with Gasteiger partial charge in [0, 0.05) is 35.0 Å². The predicted octanol–water partition coefficient (Wildman–Crippen LogP) is 4.95. The Morgan fingerprint density at radius 3 is 2.73 bits per heavy atom. The largest absolute Gasteiger partial charge is 0.305 e. The van der Waals surface area contributed by atoms with Crippen molar-refractivity contribution in [3.63, 3.8) is 0 Å². The molecule has 0 aliphatic heterocycles. The summed E-state index contributed by atoms with van der Waals surface area (Å²) in [5.74, 6) is 1.55. The van der Waals surface area contributed by atoms with Gasteiger partial charge in [-0.05, 0) is 36.4 Å². The van der Waals surface area contributed by atoms with Crippen LogP contribution in [0.25, 0.3) is 22.1 Å². The Balaban J connectivity index is 1.47. The summed E-state index contributed by atoms with van der Waals surface area (Å²) in [7, 11) is 1.96. The minimum Gasteiger partial charge on any atom is -0.305 e. The van der Waals surface area contributed by atoms with Gasteiger partial charge in [0.1, 0.15) is 5.01 Å². The molecule has 1 aromatic carbocycles. The van der Waals surface area contributed by atoms with Crippen LogP contribution in [0.15, 0.2) is 59.2 Å². The number of benzene rings is 1. The van der Waals surface area contributed by atoms with E-state index in [0.29, 0.717) is 5.02 Å². The molecule has 130 valence electrons. The summed E-state index contributed by atoms with van der Waals surface area (Å²) >= 11 is 9.17. The van der Waals surface area contributed by atoms with E-state index < -0.39 is 0 Å². The third kappa shape index (κ3) is 3.65. The van der Waals surface area contributed by atoms with Crippen molar-refractivity contribution in [1.29, 1.82) is 0 Å². The Morgan fingerprint density at radius 2 is 1.96 bits per heavy atom. The Labute approximate surface area is 164 Å². The van der Waals surface area contributed by atoms with Crippen LogP contribution in [0.4, 0.5) is 0 Å². The van der Waals surface area contributed by atoms with E-state index in [1.54, 1.807) is 29.3 Å². The molecular weight excluding hydrogens is 386 g/mol. The molecule has 5 nitrogen and oxygen atoms in total. The van der Waals surface area contributed by atoms with Crippen LogP contribution < -0.4 is 0 Å². The first kappa shape index (κ1) is 17.2. The van der Waals surface area contributed by atoms with Crippen molar-refractivity contribution in [2.45, 2.75) is 10.9 Å². The topological polar surface area (TPSA) is 56.5 Å². The first-order valence-corrected chi connectivity index (χ1v) is 10.1. The summed E-state index contributed by atoms with van der Waals surface area (Å²) in [5, 5.41) is 13.2. The summed E-state index contributed by atoms with van der Waals surface area (Å²) in [6.45, 7) is 0. The lowest BCUT2D eigenvalue weighted by molar-refractivity contribution is 0.793. The second-order valence-corrected chi connectivity index (χ2v) is 7.76. The Morgan fingerprint density at radius 1 is 1.12 bits per heavy atom. The van der Waals surface area contributed by atoms with E-state index >= 15 is 0 Å². The predicted molar refractivity (Wildman–Crippen MR) is 106 cm³/mol. The molecule has 3 aromatic heterocycles. The molecule has 0 radical (unpaired) electrons. The van der Waals surface area contributed by atoms with Crippen LogP contribution in [0.1, 0.15) is 5.69 Å². The molecule has 8 heteroatoms. The molecule has 0 atom stereocenters. The number of pyridine rings is 1. The monoisotopic (exact) mass is 399 g/mol. The van der Waals surface area contributed by atoms with Crippen LogP contribution in [0, 0.1) is 0 Å². The lowest BCUT2D eigenvalue weighted by Crippen LogP contribution is -1.95. The molecule has 0 bridgehead atoms. The third-order valence-electron chi connectivity index (χ3n) is 3.72. The number of hydrogen-bond donors (Lipinski definition) is 0.